The molecular weight excluding hydrogens is 246 g/mol. The number of allylic oxidation sites excluding steroid dienone is 2. The fourth-order valence-corrected chi connectivity index (χ4v) is 3.41. The molecule has 0 amide bonds. The molecule has 0 radical (unpaired) electrons. The van der Waals surface area contributed by atoms with Gasteiger partial charge in [0.05, 0.1) is 0 Å². The minimum atomic E-state index is 0.634. The summed E-state index contributed by atoms with van der Waals surface area (Å²) in [6.45, 7) is 5.64. The molecule has 3 rings (SSSR count). The second-order valence-electron chi connectivity index (χ2n) is 5.83. The van der Waals surface area contributed by atoms with Gasteiger partial charge < -0.3 is 9.80 Å². The molecule has 3 nitrogen and oxygen atoms in total. The molecule has 0 spiro atoms. The maximum atomic E-state index is 4.50. The van der Waals surface area contributed by atoms with Gasteiger partial charge in [0.15, 0.2) is 0 Å². The molecule has 3 heteroatoms. The van der Waals surface area contributed by atoms with E-state index in [-0.39, 0.29) is 0 Å². The van der Waals surface area contributed by atoms with E-state index in [1.165, 1.54) is 32.1 Å². The van der Waals surface area contributed by atoms with E-state index in [1.54, 1.807) is 5.70 Å². The average Bonchev–Trinajstić information content (AvgIpc) is 2.56. The SMILES string of the molecule is CCC1CN(c2ccccn2)CCN1C1=CCCCC1. The maximum absolute atomic E-state index is 4.50. The van der Waals surface area contributed by atoms with Crippen LogP contribution in [0.1, 0.15) is 39.0 Å². The van der Waals surface area contributed by atoms with Gasteiger partial charge in [-0.1, -0.05) is 19.1 Å². The Morgan fingerprint density at radius 3 is 2.90 bits per heavy atom. The van der Waals surface area contributed by atoms with Crippen LogP contribution >= 0.6 is 0 Å². The maximum Gasteiger partial charge on any atom is 0.128 e. The van der Waals surface area contributed by atoms with E-state index in [4.69, 9.17) is 0 Å². The van der Waals surface area contributed by atoms with E-state index in [2.05, 4.69) is 39.9 Å². The average molecular weight is 271 g/mol. The zero-order valence-corrected chi connectivity index (χ0v) is 12.5. The second-order valence-corrected chi connectivity index (χ2v) is 5.83. The van der Waals surface area contributed by atoms with Gasteiger partial charge in [-0.25, -0.2) is 4.98 Å². The van der Waals surface area contributed by atoms with E-state index in [0.29, 0.717) is 6.04 Å². The van der Waals surface area contributed by atoms with E-state index in [0.717, 1.165) is 25.5 Å². The highest BCUT2D eigenvalue weighted by atomic mass is 15.3. The van der Waals surface area contributed by atoms with Crippen molar-refractivity contribution in [2.45, 2.75) is 45.1 Å². The first-order chi connectivity index (χ1) is 9.88. The minimum absolute atomic E-state index is 0.634. The van der Waals surface area contributed by atoms with Gasteiger partial charge in [-0.3, -0.25) is 0 Å². The Bertz CT molecular complexity index is 455. The molecule has 0 aromatic carbocycles. The number of hydrogen-bond acceptors (Lipinski definition) is 3. The Kier molecular flexibility index (Phi) is 4.24. The monoisotopic (exact) mass is 271 g/mol. The molecule has 1 aliphatic carbocycles. The van der Waals surface area contributed by atoms with Crippen LogP contribution < -0.4 is 4.90 Å². The van der Waals surface area contributed by atoms with Gasteiger partial charge in [-0.15, -0.1) is 0 Å². The number of piperazine rings is 1. The summed E-state index contributed by atoms with van der Waals surface area (Å²) in [6, 6.07) is 6.83. The van der Waals surface area contributed by atoms with Crippen molar-refractivity contribution in [3.63, 3.8) is 0 Å². The van der Waals surface area contributed by atoms with Crippen molar-refractivity contribution in [1.29, 1.82) is 0 Å². The molecule has 2 heterocycles. The topological polar surface area (TPSA) is 19.4 Å². The van der Waals surface area contributed by atoms with Crippen LogP contribution in [0, 0.1) is 0 Å². The Balaban J connectivity index is 1.71. The number of rotatable bonds is 3. The fraction of sp³-hybridized carbons (Fsp3) is 0.588. The number of hydrogen-bond donors (Lipinski definition) is 0. The van der Waals surface area contributed by atoms with Crippen molar-refractivity contribution in [2.75, 3.05) is 24.5 Å². The Morgan fingerprint density at radius 1 is 1.25 bits per heavy atom. The summed E-state index contributed by atoms with van der Waals surface area (Å²) in [6.07, 6.45) is 10.9. The molecule has 0 bridgehead atoms. The van der Waals surface area contributed by atoms with Gasteiger partial charge in [0.1, 0.15) is 5.82 Å². The Hall–Kier alpha value is -1.51. The molecule has 1 atom stereocenters. The van der Waals surface area contributed by atoms with E-state index >= 15 is 0 Å². The third kappa shape index (κ3) is 2.82. The van der Waals surface area contributed by atoms with Gasteiger partial charge >= 0.3 is 0 Å². The van der Waals surface area contributed by atoms with E-state index in [9.17, 15) is 0 Å². The first kappa shape index (κ1) is 13.5. The quantitative estimate of drug-likeness (QED) is 0.839. The first-order valence-electron chi connectivity index (χ1n) is 8.00. The van der Waals surface area contributed by atoms with Crippen LogP contribution in [0.3, 0.4) is 0 Å². The molecule has 1 aliphatic heterocycles. The second kappa shape index (κ2) is 6.29. The summed E-state index contributed by atoms with van der Waals surface area (Å²) in [5.41, 5.74) is 1.60. The molecule has 2 aliphatic rings. The number of aromatic nitrogens is 1. The van der Waals surface area contributed by atoms with Crippen molar-refractivity contribution in [1.82, 2.24) is 9.88 Å². The highest BCUT2D eigenvalue weighted by molar-refractivity contribution is 5.39. The highest BCUT2D eigenvalue weighted by Gasteiger charge is 2.27. The normalized spacial score (nSPS) is 23.6. The van der Waals surface area contributed by atoms with Crippen LogP contribution in [0.2, 0.25) is 0 Å². The third-order valence-electron chi connectivity index (χ3n) is 4.56. The van der Waals surface area contributed by atoms with Crippen molar-refractivity contribution < 1.29 is 0 Å². The van der Waals surface area contributed by atoms with Crippen LogP contribution in [-0.4, -0.2) is 35.6 Å². The van der Waals surface area contributed by atoms with Crippen molar-refractivity contribution in [2.24, 2.45) is 0 Å². The summed E-state index contributed by atoms with van der Waals surface area (Å²) in [4.78, 5) is 9.61. The van der Waals surface area contributed by atoms with Crippen LogP contribution in [0.15, 0.2) is 36.2 Å². The lowest BCUT2D eigenvalue weighted by atomic mass is 10.00. The van der Waals surface area contributed by atoms with Gasteiger partial charge in [0.25, 0.3) is 0 Å². The van der Waals surface area contributed by atoms with E-state index in [1.807, 2.05) is 12.3 Å². The predicted molar refractivity (Wildman–Crippen MR) is 83.8 cm³/mol. The predicted octanol–water partition coefficient (Wildman–Crippen LogP) is 3.44. The molecule has 0 N–H and O–H groups in total. The summed E-state index contributed by atoms with van der Waals surface area (Å²) in [5.74, 6) is 1.13. The molecule has 0 saturated carbocycles. The fourth-order valence-electron chi connectivity index (χ4n) is 3.41. The third-order valence-corrected chi connectivity index (χ3v) is 4.56. The van der Waals surface area contributed by atoms with Crippen LogP contribution in [0.25, 0.3) is 0 Å². The number of nitrogens with zero attached hydrogens (tertiary/aromatic N) is 3. The zero-order valence-electron chi connectivity index (χ0n) is 12.5. The Labute approximate surface area is 122 Å². The highest BCUT2D eigenvalue weighted by Crippen LogP contribution is 2.27. The summed E-state index contributed by atoms with van der Waals surface area (Å²) in [5, 5.41) is 0. The largest absolute Gasteiger partial charge is 0.369 e. The zero-order chi connectivity index (χ0) is 13.8. The van der Waals surface area contributed by atoms with Crippen molar-refractivity contribution in [3.8, 4) is 0 Å². The molecule has 20 heavy (non-hydrogen) atoms. The Morgan fingerprint density at radius 2 is 2.20 bits per heavy atom. The molecule has 1 aromatic rings. The first-order valence-corrected chi connectivity index (χ1v) is 8.00. The minimum Gasteiger partial charge on any atom is -0.369 e. The molecule has 1 saturated heterocycles. The van der Waals surface area contributed by atoms with Gasteiger partial charge in [0, 0.05) is 37.6 Å². The summed E-state index contributed by atoms with van der Waals surface area (Å²) < 4.78 is 0. The smallest absolute Gasteiger partial charge is 0.128 e. The lowest BCUT2D eigenvalue weighted by Gasteiger charge is -2.44. The molecule has 108 valence electrons. The molecular formula is C17H25N3. The van der Waals surface area contributed by atoms with Crippen molar-refractivity contribution >= 4 is 5.82 Å². The number of anilines is 1. The van der Waals surface area contributed by atoms with Crippen LogP contribution in [0.4, 0.5) is 5.82 Å². The molecule has 1 unspecified atom stereocenters. The van der Waals surface area contributed by atoms with Gasteiger partial charge in [-0.2, -0.15) is 0 Å². The van der Waals surface area contributed by atoms with Gasteiger partial charge in [0.2, 0.25) is 0 Å². The number of pyridine rings is 1. The summed E-state index contributed by atoms with van der Waals surface area (Å²) in [7, 11) is 0. The van der Waals surface area contributed by atoms with Gasteiger partial charge in [-0.05, 0) is 44.2 Å². The molecule has 1 fully saturated rings. The van der Waals surface area contributed by atoms with Crippen LogP contribution in [0.5, 0.6) is 0 Å². The van der Waals surface area contributed by atoms with E-state index < -0.39 is 0 Å². The summed E-state index contributed by atoms with van der Waals surface area (Å²) >= 11 is 0. The molecule has 1 aromatic heterocycles. The standard InChI is InChI=1S/C17H25N3/c1-2-15-14-19(17-10-6-7-11-18-17)12-13-20(15)16-8-4-3-5-9-16/h6-8,10-11,15H,2-5,9,12-14H2,1H3. The van der Waals surface area contributed by atoms with Crippen molar-refractivity contribution in [3.05, 3.63) is 36.2 Å². The lowest BCUT2D eigenvalue weighted by Crippen LogP contribution is -2.52. The lowest BCUT2D eigenvalue weighted by molar-refractivity contribution is 0.210. The van der Waals surface area contributed by atoms with Crippen LogP contribution in [-0.2, 0) is 0 Å².